The first-order valence-electron chi connectivity index (χ1n) is 10.9. The maximum absolute atomic E-state index is 13.7. The number of hydrogen-bond donors (Lipinski definition) is 0. The normalized spacial score (nSPS) is 11.2. The third-order valence-electron chi connectivity index (χ3n) is 5.41. The summed E-state index contributed by atoms with van der Waals surface area (Å²) in [4.78, 5) is 24.4. The molecule has 0 bridgehead atoms. The number of nitrogens with zero attached hydrogens (tertiary/aromatic N) is 3. The Morgan fingerprint density at radius 1 is 1.09 bits per heavy atom. The number of fused-ring (bicyclic) bond motifs is 2. The molecule has 0 aliphatic carbocycles. The van der Waals surface area contributed by atoms with Crippen LogP contribution in [-0.2, 0) is 13.0 Å². The zero-order valence-electron chi connectivity index (χ0n) is 18.4. The van der Waals surface area contributed by atoms with E-state index in [-0.39, 0.29) is 11.7 Å². The lowest BCUT2D eigenvalue weighted by Gasteiger charge is -2.18. The van der Waals surface area contributed by atoms with Crippen LogP contribution in [-0.4, -0.2) is 22.5 Å². The fourth-order valence-electron chi connectivity index (χ4n) is 3.74. The second kappa shape index (κ2) is 9.03. The molecule has 0 atom stereocenters. The van der Waals surface area contributed by atoms with Crippen molar-refractivity contribution in [2.45, 2.75) is 26.8 Å². The Morgan fingerprint density at radius 2 is 2.00 bits per heavy atom. The molecule has 2 aromatic carbocycles. The van der Waals surface area contributed by atoms with Crippen LogP contribution < -0.4 is 9.64 Å². The predicted molar refractivity (Wildman–Crippen MR) is 131 cm³/mol. The second-order valence-corrected chi connectivity index (χ2v) is 8.63. The topological polar surface area (TPSA) is 68.5 Å². The maximum atomic E-state index is 13.7. The fourth-order valence-corrected chi connectivity index (χ4v) is 4.76. The van der Waals surface area contributed by atoms with E-state index in [0.717, 1.165) is 27.6 Å². The average molecular weight is 458 g/mol. The van der Waals surface area contributed by atoms with Crippen molar-refractivity contribution >= 4 is 43.6 Å². The van der Waals surface area contributed by atoms with Gasteiger partial charge in [0.15, 0.2) is 22.2 Å². The van der Waals surface area contributed by atoms with Crippen molar-refractivity contribution in [1.29, 1.82) is 0 Å². The third-order valence-corrected chi connectivity index (χ3v) is 6.45. The minimum atomic E-state index is -0.257. The largest absolute Gasteiger partial charge is 0.490 e. The van der Waals surface area contributed by atoms with Crippen LogP contribution in [0.2, 0.25) is 0 Å². The van der Waals surface area contributed by atoms with Gasteiger partial charge in [-0.15, -0.1) is 0 Å². The van der Waals surface area contributed by atoms with Crippen molar-refractivity contribution in [3.8, 4) is 5.75 Å². The van der Waals surface area contributed by atoms with E-state index in [1.54, 1.807) is 23.4 Å². The Morgan fingerprint density at radius 3 is 2.79 bits per heavy atom. The monoisotopic (exact) mass is 457 g/mol. The van der Waals surface area contributed by atoms with Gasteiger partial charge in [0, 0.05) is 17.8 Å². The van der Waals surface area contributed by atoms with Crippen molar-refractivity contribution in [2.75, 3.05) is 11.5 Å². The summed E-state index contributed by atoms with van der Waals surface area (Å²) in [6.07, 6.45) is 4.42. The van der Waals surface area contributed by atoms with Crippen LogP contribution in [0, 0.1) is 0 Å². The van der Waals surface area contributed by atoms with Gasteiger partial charge in [-0.1, -0.05) is 42.5 Å². The van der Waals surface area contributed by atoms with Gasteiger partial charge in [-0.3, -0.25) is 14.7 Å². The zero-order valence-corrected chi connectivity index (χ0v) is 19.3. The van der Waals surface area contributed by atoms with Crippen molar-refractivity contribution in [3.05, 3.63) is 83.9 Å². The molecule has 1 amide bonds. The molecule has 7 heteroatoms. The standard InChI is InChI=1S/C26H23N3O3S/c1-3-17-10-11-20-23(13-17)33-26(28-20)29(16-18-7-6-12-27-15-18)25(30)22-14-19-8-5-9-21(31-4-2)24(19)32-22/h5-15H,3-4,16H2,1-2H3. The molecule has 166 valence electrons. The fraction of sp³-hybridized carbons (Fsp3) is 0.192. The van der Waals surface area contributed by atoms with Crippen LogP contribution in [0.15, 0.2) is 71.4 Å². The Balaban J connectivity index is 1.57. The Hall–Kier alpha value is -3.71. The van der Waals surface area contributed by atoms with E-state index in [4.69, 9.17) is 14.1 Å². The van der Waals surface area contributed by atoms with E-state index < -0.39 is 0 Å². The van der Waals surface area contributed by atoms with Crippen molar-refractivity contribution in [2.24, 2.45) is 0 Å². The highest BCUT2D eigenvalue weighted by atomic mass is 32.1. The minimum absolute atomic E-state index is 0.245. The number of hydrogen-bond acceptors (Lipinski definition) is 6. The number of anilines is 1. The molecule has 3 aromatic heterocycles. The molecule has 0 saturated heterocycles. The summed E-state index contributed by atoms with van der Waals surface area (Å²) < 4.78 is 12.7. The Kier molecular flexibility index (Phi) is 5.79. The van der Waals surface area contributed by atoms with Crippen LogP contribution in [0.5, 0.6) is 5.75 Å². The van der Waals surface area contributed by atoms with E-state index in [1.165, 1.54) is 16.9 Å². The molecule has 6 nitrogen and oxygen atoms in total. The maximum Gasteiger partial charge on any atom is 0.296 e. The smallest absolute Gasteiger partial charge is 0.296 e. The zero-order chi connectivity index (χ0) is 22.8. The summed E-state index contributed by atoms with van der Waals surface area (Å²) in [5, 5.41) is 1.44. The van der Waals surface area contributed by atoms with Crippen LogP contribution in [0.3, 0.4) is 0 Å². The number of rotatable bonds is 7. The molecule has 33 heavy (non-hydrogen) atoms. The lowest BCUT2D eigenvalue weighted by atomic mass is 10.2. The van der Waals surface area contributed by atoms with Gasteiger partial charge < -0.3 is 9.15 Å². The minimum Gasteiger partial charge on any atom is -0.490 e. The van der Waals surface area contributed by atoms with E-state index in [0.29, 0.717) is 29.6 Å². The lowest BCUT2D eigenvalue weighted by molar-refractivity contribution is 0.0960. The Bertz CT molecular complexity index is 1430. The molecule has 0 aliphatic rings. The molecule has 3 heterocycles. The molecule has 0 saturated carbocycles. The van der Waals surface area contributed by atoms with Crippen LogP contribution >= 0.6 is 11.3 Å². The van der Waals surface area contributed by atoms with Crippen LogP contribution in [0.1, 0.15) is 35.5 Å². The van der Waals surface area contributed by atoms with E-state index >= 15 is 0 Å². The van der Waals surface area contributed by atoms with Gasteiger partial charge in [-0.2, -0.15) is 0 Å². The second-order valence-electron chi connectivity index (χ2n) is 7.62. The average Bonchev–Trinajstić information content (AvgIpc) is 3.47. The van der Waals surface area contributed by atoms with Crippen molar-refractivity contribution in [1.82, 2.24) is 9.97 Å². The first-order valence-corrected chi connectivity index (χ1v) is 11.7. The molecule has 0 aliphatic heterocycles. The number of thiazole rings is 1. The van der Waals surface area contributed by atoms with Gasteiger partial charge >= 0.3 is 0 Å². The number of benzene rings is 2. The summed E-state index contributed by atoms with van der Waals surface area (Å²) >= 11 is 1.50. The molecular weight excluding hydrogens is 434 g/mol. The van der Waals surface area contributed by atoms with Crippen LogP contribution in [0.4, 0.5) is 5.13 Å². The molecule has 5 rings (SSSR count). The SMILES string of the molecule is CCOc1cccc2cc(C(=O)N(Cc3cccnc3)c3nc4ccc(CC)cc4s3)oc12. The van der Waals surface area contributed by atoms with E-state index in [9.17, 15) is 4.79 Å². The highest BCUT2D eigenvalue weighted by Gasteiger charge is 2.25. The number of furan rings is 1. The van der Waals surface area contributed by atoms with E-state index in [2.05, 4.69) is 24.0 Å². The summed E-state index contributed by atoms with van der Waals surface area (Å²) in [6, 6.07) is 17.4. The van der Waals surface area contributed by atoms with Gasteiger partial charge in [0.2, 0.25) is 0 Å². The molecule has 0 spiro atoms. The molecule has 0 unspecified atom stereocenters. The number of ether oxygens (including phenoxy) is 1. The summed E-state index contributed by atoms with van der Waals surface area (Å²) in [7, 11) is 0. The molecule has 0 radical (unpaired) electrons. The lowest BCUT2D eigenvalue weighted by Crippen LogP contribution is -2.30. The van der Waals surface area contributed by atoms with E-state index in [1.807, 2.05) is 43.3 Å². The van der Waals surface area contributed by atoms with Crippen molar-refractivity contribution in [3.63, 3.8) is 0 Å². The first kappa shape index (κ1) is 21.2. The predicted octanol–water partition coefficient (Wildman–Crippen LogP) is 6.25. The molecule has 0 fully saturated rings. The summed E-state index contributed by atoms with van der Waals surface area (Å²) in [6.45, 7) is 4.89. The molecular formula is C26H23N3O3S. The molecule has 0 N–H and O–H groups in total. The van der Waals surface area contributed by atoms with Gasteiger partial charge in [0.05, 0.1) is 23.4 Å². The van der Waals surface area contributed by atoms with Crippen molar-refractivity contribution < 1.29 is 13.9 Å². The van der Waals surface area contributed by atoms with Gasteiger partial charge in [-0.25, -0.2) is 4.98 Å². The number of aromatic nitrogens is 2. The first-order chi connectivity index (χ1) is 16.2. The quantitative estimate of drug-likeness (QED) is 0.289. The summed E-state index contributed by atoms with van der Waals surface area (Å²) in [5.41, 5.74) is 3.59. The highest BCUT2D eigenvalue weighted by molar-refractivity contribution is 7.22. The number of amides is 1. The van der Waals surface area contributed by atoms with Gasteiger partial charge in [-0.05, 0) is 54.8 Å². The summed E-state index contributed by atoms with van der Waals surface area (Å²) in [5.74, 6) is 0.613. The van der Waals surface area contributed by atoms with Gasteiger partial charge in [0.25, 0.3) is 5.91 Å². The number of aryl methyl sites for hydroxylation is 1. The highest BCUT2D eigenvalue weighted by Crippen LogP contribution is 2.34. The van der Waals surface area contributed by atoms with Gasteiger partial charge in [0.1, 0.15) is 0 Å². The molecule has 5 aromatic rings. The number of carbonyl (C=O) groups excluding carboxylic acids is 1. The number of para-hydroxylation sites is 1. The third kappa shape index (κ3) is 4.19. The van der Waals surface area contributed by atoms with Crippen LogP contribution in [0.25, 0.3) is 21.2 Å². The number of pyridine rings is 1. The Labute approximate surface area is 195 Å². The number of carbonyl (C=O) groups is 1.